The van der Waals surface area contributed by atoms with E-state index in [-0.39, 0.29) is 23.1 Å². The van der Waals surface area contributed by atoms with Crippen molar-refractivity contribution in [3.63, 3.8) is 0 Å². The third-order valence-corrected chi connectivity index (χ3v) is 3.84. The Labute approximate surface area is 119 Å². The van der Waals surface area contributed by atoms with Crippen molar-refractivity contribution >= 4 is 11.9 Å². The highest BCUT2D eigenvalue weighted by Crippen LogP contribution is 2.18. The van der Waals surface area contributed by atoms with Crippen LogP contribution < -0.4 is 5.32 Å². The quantitative estimate of drug-likeness (QED) is 0.890. The highest BCUT2D eigenvalue weighted by Gasteiger charge is 2.19. The minimum Gasteiger partial charge on any atom is -0.478 e. The fraction of sp³-hybridized carbons (Fsp3) is 0.500. The van der Waals surface area contributed by atoms with Gasteiger partial charge in [-0.3, -0.25) is 4.79 Å². The van der Waals surface area contributed by atoms with Crippen LogP contribution >= 0.6 is 0 Å². The largest absolute Gasteiger partial charge is 0.478 e. The van der Waals surface area contributed by atoms with Gasteiger partial charge in [0, 0.05) is 6.04 Å². The average molecular weight is 275 g/mol. The highest BCUT2D eigenvalue weighted by atomic mass is 16.4. The Bertz CT molecular complexity index is 476. The molecule has 108 valence electrons. The first-order valence-electron chi connectivity index (χ1n) is 7.31. The fourth-order valence-electron chi connectivity index (χ4n) is 2.73. The molecule has 4 heteroatoms. The van der Waals surface area contributed by atoms with Gasteiger partial charge >= 0.3 is 5.97 Å². The van der Waals surface area contributed by atoms with E-state index in [1.807, 2.05) is 0 Å². The maximum Gasteiger partial charge on any atom is 0.336 e. The zero-order valence-corrected chi connectivity index (χ0v) is 11.6. The monoisotopic (exact) mass is 275 g/mol. The molecule has 1 amide bonds. The molecule has 2 rings (SSSR count). The van der Waals surface area contributed by atoms with Crippen LogP contribution in [-0.2, 0) is 0 Å². The van der Waals surface area contributed by atoms with E-state index in [1.165, 1.54) is 25.3 Å². The summed E-state index contributed by atoms with van der Waals surface area (Å²) in [5, 5.41) is 12.1. The first-order chi connectivity index (χ1) is 9.68. The van der Waals surface area contributed by atoms with Gasteiger partial charge in [0.25, 0.3) is 5.91 Å². The summed E-state index contributed by atoms with van der Waals surface area (Å²) in [5.41, 5.74) is 0.318. The number of rotatable bonds is 3. The van der Waals surface area contributed by atoms with Crippen molar-refractivity contribution < 1.29 is 14.7 Å². The molecule has 2 N–H and O–H groups in total. The van der Waals surface area contributed by atoms with Gasteiger partial charge in [0.05, 0.1) is 11.1 Å². The van der Waals surface area contributed by atoms with Crippen molar-refractivity contribution in [2.45, 2.75) is 51.0 Å². The van der Waals surface area contributed by atoms with Crippen LogP contribution in [0.1, 0.15) is 65.7 Å². The van der Waals surface area contributed by atoms with Crippen molar-refractivity contribution in [3.8, 4) is 0 Å². The van der Waals surface area contributed by atoms with E-state index in [4.69, 9.17) is 5.11 Å². The SMILES string of the molecule is O=C(O)c1ccccc1C(=O)NC1CCCCCCC1. The van der Waals surface area contributed by atoms with Crippen molar-refractivity contribution in [1.82, 2.24) is 5.32 Å². The van der Waals surface area contributed by atoms with E-state index < -0.39 is 5.97 Å². The van der Waals surface area contributed by atoms with Gasteiger partial charge in [-0.15, -0.1) is 0 Å². The van der Waals surface area contributed by atoms with E-state index in [1.54, 1.807) is 18.2 Å². The molecule has 0 aromatic heterocycles. The van der Waals surface area contributed by atoms with Crippen molar-refractivity contribution in [3.05, 3.63) is 35.4 Å². The van der Waals surface area contributed by atoms with Gasteiger partial charge in [0.2, 0.25) is 0 Å². The summed E-state index contributed by atoms with van der Waals surface area (Å²) in [6, 6.07) is 6.54. The summed E-state index contributed by atoms with van der Waals surface area (Å²) in [6.07, 6.45) is 7.96. The van der Waals surface area contributed by atoms with Gasteiger partial charge in [-0.25, -0.2) is 4.79 Å². The number of benzene rings is 1. The molecule has 1 aromatic rings. The standard InChI is InChI=1S/C16H21NO3/c18-15(13-10-6-7-11-14(13)16(19)20)17-12-8-4-2-1-3-5-9-12/h6-7,10-12H,1-5,8-9H2,(H,17,18)(H,19,20). The summed E-state index contributed by atoms with van der Waals surface area (Å²) in [7, 11) is 0. The zero-order valence-electron chi connectivity index (χ0n) is 11.6. The van der Waals surface area contributed by atoms with E-state index in [9.17, 15) is 9.59 Å². The Balaban J connectivity index is 2.05. The van der Waals surface area contributed by atoms with Crippen LogP contribution in [0.25, 0.3) is 0 Å². The van der Waals surface area contributed by atoms with E-state index >= 15 is 0 Å². The molecule has 0 bridgehead atoms. The Morgan fingerprint density at radius 2 is 1.50 bits per heavy atom. The molecule has 0 heterocycles. The first kappa shape index (κ1) is 14.6. The average Bonchev–Trinajstić information content (AvgIpc) is 2.41. The van der Waals surface area contributed by atoms with Crippen molar-refractivity contribution in [1.29, 1.82) is 0 Å². The van der Waals surface area contributed by atoms with Crippen LogP contribution in [0, 0.1) is 0 Å². The number of nitrogens with one attached hydrogen (secondary N) is 1. The molecule has 1 aliphatic carbocycles. The lowest BCUT2D eigenvalue weighted by Crippen LogP contribution is -2.36. The number of carboxylic acids is 1. The van der Waals surface area contributed by atoms with Crippen LogP contribution in [0.5, 0.6) is 0 Å². The summed E-state index contributed by atoms with van der Waals surface area (Å²) < 4.78 is 0. The van der Waals surface area contributed by atoms with Gasteiger partial charge in [-0.1, -0.05) is 44.2 Å². The number of carbonyl (C=O) groups is 2. The van der Waals surface area contributed by atoms with Crippen molar-refractivity contribution in [2.75, 3.05) is 0 Å². The molecular weight excluding hydrogens is 254 g/mol. The zero-order chi connectivity index (χ0) is 14.4. The van der Waals surface area contributed by atoms with Crippen LogP contribution in [0.3, 0.4) is 0 Å². The molecule has 1 aromatic carbocycles. The maximum absolute atomic E-state index is 12.3. The smallest absolute Gasteiger partial charge is 0.336 e. The topological polar surface area (TPSA) is 66.4 Å². The van der Waals surface area contributed by atoms with Gasteiger partial charge in [0.1, 0.15) is 0 Å². The highest BCUT2D eigenvalue weighted by molar-refractivity contribution is 6.04. The fourth-order valence-corrected chi connectivity index (χ4v) is 2.73. The number of amides is 1. The Kier molecular flexibility index (Phi) is 5.16. The summed E-state index contributed by atoms with van der Waals surface area (Å²) >= 11 is 0. The van der Waals surface area contributed by atoms with Crippen LogP contribution in [-0.4, -0.2) is 23.0 Å². The lowest BCUT2D eigenvalue weighted by atomic mass is 9.96. The molecule has 1 fully saturated rings. The van der Waals surface area contributed by atoms with Crippen molar-refractivity contribution in [2.24, 2.45) is 0 Å². The van der Waals surface area contributed by atoms with E-state index in [0.717, 1.165) is 25.7 Å². The molecule has 0 spiro atoms. The third kappa shape index (κ3) is 3.83. The number of hydrogen-bond acceptors (Lipinski definition) is 2. The van der Waals surface area contributed by atoms with Crippen LogP contribution in [0.2, 0.25) is 0 Å². The van der Waals surface area contributed by atoms with Gasteiger partial charge < -0.3 is 10.4 Å². The molecule has 1 aliphatic rings. The molecule has 0 atom stereocenters. The molecule has 0 unspecified atom stereocenters. The van der Waals surface area contributed by atoms with Gasteiger partial charge in [0.15, 0.2) is 0 Å². The predicted octanol–water partition coefficient (Wildman–Crippen LogP) is 3.23. The molecule has 1 saturated carbocycles. The number of carboxylic acid groups (broad SMARTS) is 1. The number of hydrogen-bond donors (Lipinski definition) is 2. The van der Waals surface area contributed by atoms with E-state index in [0.29, 0.717) is 0 Å². The number of carbonyl (C=O) groups excluding carboxylic acids is 1. The molecule has 0 aliphatic heterocycles. The second-order valence-electron chi connectivity index (χ2n) is 5.37. The van der Waals surface area contributed by atoms with Crippen LogP contribution in [0.15, 0.2) is 24.3 Å². The summed E-state index contributed by atoms with van der Waals surface area (Å²) in [4.78, 5) is 23.4. The van der Waals surface area contributed by atoms with Gasteiger partial charge in [-0.05, 0) is 25.0 Å². The Morgan fingerprint density at radius 3 is 2.10 bits per heavy atom. The first-order valence-corrected chi connectivity index (χ1v) is 7.31. The minimum atomic E-state index is -1.06. The predicted molar refractivity (Wildman–Crippen MR) is 77.0 cm³/mol. The molecule has 0 radical (unpaired) electrons. The second-order valence-corrected chi connectivity index (χ2v) is 5.37. The normalized spacial score (nSPS) is 17.0. The molecule has 0 saturated heterocycles. The molecular formula is C16H21NO3. The summed E-state index contributed by atoms with van der Waals surface area (Å²) in [6.45, 7) is 0. The Morgan fingerprint density at radius 1 is 0.950 bits per heavy atom. The lowest BCUT2D eigenvalue weighted by molar-refractivity contribution is 0.0690. The third-order valence-electron chi connectivity index (χ3n) is 3.84. The second kappa shape index (κ2) is 7.08. The van der Waals surface area contributed by atoms with E-state index in [2.05, 4.69) is 5.32 Å². The summed E-state index contributed by atoms with van der Waals surface area (Å²) in [5.74, 6) is -1.33. The lowest BCUT2D eigenvalue weighted by Gasteiger charge is -2.21. The molecule has 4 nitrogen and oxygen atoms in total. The molecule has 20 heavy (non-hydrogen) atoms. The Hall–Kier alpha value is -1.84. The maximum atomic E-state index is 12.3. The number of aromatic carboxylic acids is 1. The van der Waals surface area contributed by atoms with Gasteiger partial charge in [-0.2, -0.15) is 0 Å². The van der Waals surface area contributed by atoms with Crippen LogP contribution in [0.4, 0.5) is 0 Å². The minimum absolute atomic E-state index is 0.0656.